The van der Waals surface area contributed by atoms with E-state index in [9.17, 15) is 9.59 Å². The van der Waals surface area contributed by atoms with Crippen molar-refractivity contribution < 1.29 is 19.5 Å². The number of halogens is 1. The number of anilines is 1. The summed E-state index contributed by atoms with van der Waals surface area (Å²) in [7, 11) is 0. The first-order valence-electron chi connectivity index (χ1n) is 7.34. The molecular formula is C17H15ClN2O4. The van der Waals surface area contributed by atoms with Crippen LogP contribution in [0.4, 0.5) is 5.69 Å². The van der Waals surface area contributed by atoms with Gasteiger partial charge in [0.25, 0.3) is 11.8 Å². The second kappa shape index (κ2) is 6.90. The highest BCUT2D eigenvalue weighted by atomic mass is 35.5. The van der Waals surface area contributed by atoms with E-state index in [0.29, 0.717) is 29.4 Å². The SMILES string of the molecule is O=C(NO)c1ccc2c(c1)N(CCc1ccc(Cl)cc1)C(=O)CO2. The van der Waals surface area contributed by atoms with Gasteiger partial charge in [0.15, 0.2) is 6.61 Å². The molecule has 0 fully saturated rings. The number of ether oxygens (including phenoxy) is 1. The summed E-state index contributed by atoms with van der Waals surface area (Å²) in [6.45, 7) is 0.403. The summed E-state index contributed by atoms with van der Waals surface area (Å²) in [6.07, 6.45) is 0.638. The van der Waals surface area contributed by atoms with Gasteiger partial charge in [0.05, 0.1) is 5.69 Å². The number of hydroxylamine groups is 1. The Bertz CT molecular complexity index is 777. The highest BCUT2D eigenvalue weighted by Crippen LogP contribution is 2.33. The minimum Gasteiger partial charge on any atom is -0.482 e. The standard InChI is InChI=1S/C17H15ClN2O4/c18-13-4-1-11(2-5-13)7-8-20-14-9-12(17(22)19-23)3-6-15(14)24-10-16(20)21/h1-6,9,23H,7-8,10H2,(H,19,22). The monoisotopic (exact) mass is 346 g/mol. The number of carbonyl (C=O) groups is 2. The molecule has 0 saturated carbocycles. The fraction of sp³-hybridized carbons (Fsp3) is 0.176. The van der Waals surface area contributed by atoms with Crippen LogP contribution >= 0.6 is 11.6 Å². The number of nitrogens with one attached hydrogen (secondary N) is 1. The van der Waals surface area contributed by atoms with Gasteiger partial charge in [-0.2, -0.15) is 0 Å². The van der Waals surface area contributed by atoms with Crippen LogP contribution in [0.2, 0.25) is 5.02 Å². The highest BCUT2D eigenvalue weighted by molar-refractivity contribution is 6.30. The van der Waals surface area contributed by atoms with E-state index in [1.165, 1.54) is 12.1 Å². The Morgan fingerprint density at radius 2 is 2.00 bits per heavy atom. The summed E-state index contributed by atoms with van der Waals surface area (Å²) in [5.41, 5.74) is 3.38. The molecule has 0 aromatic heterocycles. The molecule has 6 nitrogen and oxygen atoms in total. The Balaban J connectivity index is 1.84. The van der Waals surface area contributed by atoms with Crippen molar-refractivity contribution in [2.45, 2.75) is 6.42 Å². The first-order valence-corrected chi connectivity index (χ1v) is 7.72. The summed E-state index contributed by atoms with van der Waals surface area (Å²) >= 11 is 5.87. The van der Waals surface area contributed by atoms with E-state index in [1.54, 1.807) is 28.6 Å². The lowest BCUT2D eigenvalue weighted by Gasteiger charge is -2.29. The Labute approximate surface area is 143 Å². The van der Waals surface area contributed by atoms with Gasteiger partial charge in [-0.25, -0.2) is 5.48 Å². The molecule has 24 heavy (non-hydrogen) atoms. The first-order chi connectivity index (χ1) is 11.6. The fourth-order valence-electron chi connectivity index (χ4n) is 2.55. The van der Waals surface area contributed by atoms with E-state index in [-0.39, 0.29) is 18.1 Å². The first kappa shape index (κ1) is 16.3. The van der Waals surface area contributed by atoms with Crippen molar-refractivity contribution in [1.82, 2.24) is 5.48 Å². The van der Waals surface area contributed by atoms with Crippen LogP contribution in [0.5, 0.6) is 5.75 Å². The van der Waals surface area contributed by atoms with E-state index < -0.39 is 5.91 Å². The molecule has 2 N–H and O–H groups in total. The van der Waals surface area contributed by atoms with Gasteiger partial charge in [0, 0.05) is 17.1 Å². The molecule has 124 valence electrons. The number of benzene rings is 2. The van der Waals surface area contributed by atoms with E-state index in [4.69, 9.17) is 21.5 Å². The summed E-state index contributed by atoms with van der Waals surface area (Å²) < 4.78 is 5.40. The lowest BCUT2D eigenvalue weighted by Crippen LogP contribution is -2.40. The van der Waals surface area contributed by atoms with Crippen molar-refractivity contribution in [1.29, 1.82) is 0 Å². The van der Waals surface area contributed by atoms with Crippen LogP contribution in [-0.2, 0) is 11.2 Å². The van der Waals surface area contributed by atoms with Crippen molar-refractivity contribution in [3.8, 4) is 5.75 Å². The number of nitrogens with zero attached hydrogens (tertiary/aromatic N) is 1. The molecule has 2 amide bonds. The molecule has 1 aliphatic heterocycles. The Morgan fingerprint density at radius 1 is 1.25 bits per heavy atom. The number of fused-ring (bicyclic) bond motifs is 1. The molecule has 3 rings (SSSR count). The summed E-state index contributed by atoms with van der Waals surface area (Å²) in [5, 5.41) is 9.42. The van der Waals surface area contributed by atoms with E-state index in [1.807, 2.05) is 12.1 Å². The van der Waals surface area contributed by atoms with E-state index in [0.717, 1.165) is 5.56 Å². The number of hydrogen-bond donors (Lipinski definition) is 2. The van der Waals surface area contributed by atoms with Crippen LogP contribution in [-0.4, -0.2) is 30.2 Å². The maximum atomic E-state index is 12.2. The van der Waals surface area contributed by atoms with Crippen molar-refractivity contribution in [3.63, 3.8) is 0 Å². The molecule has 0 aliphatic carbocycles. The topological polar surface area (TPSA) is 78.9 Å². The van der Waals surface area contributed by atoms with Crippen LogP contribution in [0.1, 0.15) is 15.9 Å². The van der Waals surface area contributed by atoms with Crippen molar-refractivity contribution in [3.05, 3.63) is 58.6 Å². The molecule has 2 aromatic rings. The molecular weight excluding hydrogens is 332 g/mol. The lowest BCUT2D eigenvalue weighted by molar-refractivity contribution is -0.121. The van der Waals surface area contributed by atoms with Gasteiger partial charge in [0.2, 0.25) is 0 Å². The average molecular weight is 347 g/mol. The fourth-order valence-corrected chi connectivity index (χ4v) is 2.67. The summed E-state index contributed by atoms with van der Waals surface area (Å²) in [6, 6.07) is 12.1. The van der Waals surface area contributed by atoms with Gasteiger partial charge in [-0.1, -0.05) is 23.7 Å². The third-order valence-corrected chi connectivity index (χ3v) is 4.05. The third kappa shape index (κ3) is 3.34. The van der Waals surface area contributed by atoms with Gasteiger partial charge in [-0.3, -0.25) is 14.8 Å². The predicted octanol–water partition coefficient (Wildman–Crippen LogP) is 2.43. The lowest BCUT2D eigenvalue weighted by atomic mass is 10.1. The molecule has 0 atom stereocenters. The molecule has 2 aromatic carbocycles. The van der Waals surface area contributed by atoms with Crippen molar-refractivity contribution in [2.75, 3.05) is 18.1 Å². The summed E-state index contributed by atoms with van der Waals surface area (Å²) in [5.74, 6) is -0.299. The molecule has 0 spiro atoms. The minimum atomic E-state index is -0.645. The zero-order valence-electron chi connectivity index (χ0n) is 12.7. The second-order valence-electron chi connectivity index (χ2n) is 5.33. The Morgan fingerprint density at radius 3 is 2.71 bits per heavy atom. The summed E-state index contributed by atoms with van der Waals surface area (Å²) in [4.78, 5) is 25.4. The molecule has 0 radical (unpaired) electrons. The van der Waals surface area contributed by atoms with E-state index in [2.05, 4.69) is 0 Å². The largest absolute Gasteiger partial charge is 0.482 e. The van der Waals surface area contributed by atoms with Crippen LogP contribution in [0, 0.1) is 0 Å². The molecule has 7 heteroatoms. The van der Waals surface area contributed by atoms with Crippen molar-refractivity contribution in [2.24, 2.45) is 0 Å². The smallest absolute Gasteiger partial charge is 0.274 e. The minimum absolute atomic E-state index is 0.0425. The van der Waals surface area contributed by atoms with Crippen LogP contribution in [0.15, 0.2) is 42.5 Å². The van der Waals surface area contributed by atoms with Gasteiger partial charge in [-0.05, 0) is 42.3 Å². The third-order valence-electron chi connectivity index (χ3n) is 3.80. The van der Waals surface area contributed by atoms with Gasteiger partial charge >= 0.3 is 0 Å². The number of carbonyl (C=O) groups excluding carboxylic acids is 2. The normalized spacial score (nSPS) is 13.2. The quantitative estimate of drug-likeness (QED) is 0.658. The van der Waals surface area contributed by atoms with Gasteiger partial charge in [-0.15, -0.1) is 0 Å². The molecule has 0 saturated heterocycles. The Kier molecular flexibility index (Phi) is 4.69. The van der Waals surface area contributed by atoms with Crippen LogP contribution in [0.25, 0.3) is 0 Å². The second-order valence-corrected chi connectivity index (χ2v) is 5.77. The number of amides is 2. The van der Waals surface area contributed by atoms with Gasteiger partial charge in [0.1, 0.15) is 5.75 Å². The van der Waals surface area contributed by atoms with E-state index >= 15 is 0 Å². The maximum absolute atomic E-state index is 12.2. The zero-order valence-corrected chi connectivity index (χ0v) is 13.4. The molecule has 1 heterocycles. The Hall–Kier alpha value is -2.57. The van der Waals surface area contributed by atoms with Crippen molar-refractivity contribution >= 4 is 29.1 Å². The molecule has 0 bridgehead atoms. The number of hydrogen-bond acceptors (Lipinski definition) is 4. The van der Waals surface area contributed by atoms with Crippen LogP contribution < -0.4 is 15.1 Å². The predicted molar refractivity (Wildman–Crippen MR) is 88.7 cm³/mol. The molecule has 1 aliphatic rings. The van der Waals surface area contributed by atoms with Gasteiger partial charge < -0.3 is 9.64 Å². The number of rotatable bonds is 4. The average Bonchev–Trinajstić information content (AvgIpc) is 2.61. The highest BCUT2D eigenvalue weighted by Gasteiger charge is 2.26. The maximum Gasteiger partial charge on any atom is 0.274 e. The molecule has 0 unspecified atom stereocenters. The zero-order chi connectivity index (χ0) is 17.1. The van der Waals surface area contributed by atoms with Crippen LogP contribution in [0.3, 0.4) is 0 Å².